The summed E-state index contributed by atoms with van der Waals surface area (Å²) < 4.78 is 31.7. The molecule has 1 unspecified atom stereocenters. The highest BCUT2D eigenvalue weighted by molar-refractivity contribution is 7.89. The molecule has 0 aromatic heterocycles. The van der Waals surface area contributed by atoms with Gasteiger partial charge >= 0.3 is 0 Å². The van der Waals surface area contributed by atoms with E-state index in [1.807, 2.05) is 6.92 Å². The highest BCUT2D eigenvalue weighted by Gasteiger charge is 2.38. The minimum Gasteiger partial charge on any atom is -0.380 e. The maximum Gasteiger partial charge on any atom is 0.243 e. The highest BCUT2D eigenvalue weighted by Crippen LogP contribution is 2.32. The molecule has 21 heavy (non-hydrogen) atoms. The van der Waals surface area contributed by atoms with E-state index < -0.39 is 10.0 Å². The molecule has 2 N–H and O–H groups in total. The van der Waals surface area contributed by atoms with Crippen molar-refractivity contribution < 1.29 is 13.2 Å². The fourth-order valence-electron chi connectivity index (χ4n) is 2.42. The molecule has 120 valence electrons. The SMILES string of the molecule is COCc1ccc(S(=O)(=O)N2CCC(C)(CN)C2)cc1.Cl. The summed E-state index contributed by atoms with van der Waals surface area (Å²) in [5, 5.41) is 0. The Balaban J connectivity index is 0.00000220. The monoisotopic (exact) mass is 334 g/mol. The Hall–Kier alpha value is -0.660. The Labute approximate surface area is 132 Å². The van der Waals surface area contributed by atoms with Gasteiger partial charge in [0.1, 0.15) is 0 Å². The van der Waals surface area contributed by atoms with Crippen molar-refractivity contribution in [3.05, 3.63) is 29.8 Å². The lowest BCUT2D eigenvalue weighted by Crippen LogP contribution is -2.34. The molecule has 0 aliphatic carbocycles. The van der Waals surface area contributed by atoms with Gasteiger partial charge in [-0.15, -0.1) is 12.4 Å². The summed E-state index contributed by atoms with van der Waals surface area (Å²) in [6.07, 6.45) is 0.810. The van der Waals surface area contributed by atoms with Gasteiger partial charge in [-0.05, 0) is 36.1 Å². The normalized spacial score (nSPS) is 23.0. The lowest BCUT2D eigenvalue weighted by Gasteiger charge is -2.22. The first-order chi connectivity index (χ1) is 9.41. The first kappa shape index (κ1) is 18.4. The van der Waals surface area contributed by atoms with Crippen LogP contribution in [0.1, 0.15) is 18.9 Å². The van der Waals surface area contributed by atoms with E-state index in [1.54, 1.807) is 31.4 Å². The maximum absolute atomic E-state index is 12.6. The third-order valence-corrected chi connectivity index (χ3v) is 5.75. The van der Waals surface area contributed by atoms with Crippen LogP contribution in [0.3, 0.4) is 0 Å². The number of methoxy groups -OCH3 is 1. The van der Waals surface area contributed by atoms with Crippen LogP contribution >= 0.6 is 12.4 Å². The molecule has 1 aliphatic rings. The molecule has 5 nitrogen and oxygen atoms in total. The fraction of sp³-hybridized carbons (Fsp3) is 0.571. The van der Waals surface area contributed by atoms with Crippen LogP contribution in [0, 0.1) is 5.41 Å². The van der Waals surface area contributed by atoms with Crippen molar-refractivity contribution in [3.63, 3.8) is 0 Å². The second-order valence-electron chi connectivity index (χ2n) is 5.68. The first-order valence-corrected chi connectivity index (χ1v) is 8.13. The van der Waals surface area contributed by atoms with Gasteiger partial charge in [-0.25, -0.2) is 8.42 Å². The second kappa shape index (κ2) is 7.07. The summed E-state index contributed by atoms with van der Waals surface area (Å²) in [6.45, 7) is 4.05. The lowest BCUT2D eigenvalue weighted by molar-refractivity contribution is 0.185. The average molecular weight is 335 g/mol. The lowest BCUT2D eigenvalue weighted by atomic mass is 9.90. The van der Waals surface area contributed by atoms with E-state index in [1.165, 1.54) is 4.31 Å². The molecule has 0 bridgehead atoms. The summed E-state index contributed by atoms with van der Waals surface area (Å²) in [4.78, 5) is 0.332. The van der Waals surface area contributed by atoms with Crippen molar-refractivity contribution in [2.45, 2.75) is 24.8 Å². The average Bonchev–Trinajstić information content (AvgIpc) is 2.84. The van der Waals surface area contributed by atoms with E-state index in [0.717, 1.165) is 12.0 Å². The van der Waals surface area contributed by atoms with Gasteiger partial charge in [0.2, 0.25) is 10.0 Å². The molecular formula is C14H23ClN2O3S. The minimum atomic E-state index is -3.41. The van der Waals surface area contributed by atoms with Crippen LogP contribution in [0.4, 0.5) is 0 Å². The van der Waals surface area contributed by atoms with E-state index in [4.69, 9.17) is 10.5 Å². The molecule has 1 saturated heterocycles. The van der Waals surface area contributed by atoms with Gasteiger partial charge in [0.15, 0.2) is 0 Å². The van der Waals surface area contributed by atoms with Crippen LogP contribution in [0.2, 0.25) is 0 Å². The van der Waals surface area contributed by atoms with Crippen LogP contribution in [0.15, 0.2) is 29.2 Å². The summed E-state index contributed by atoms with van der Waals surface area (Å²) in [5.41, 5.74) is 6.58. The molecule has 0 amide bonds. The molecular weight excluding hydrogens is 312 g/mol. The van der Waals surface area contributed by atoms with Gasteiger partial charge in [-0.3, -0.25) is 0 Å². The fourth-order valence-corrected chi connectivity index (χ4v) is 4.02. The molecule has 1 heterocycles. The third kappa shape index (κ3) is 3.96. The van der Waals surface area contributed by atoms with Gasteiger partial charge < -0.3 is 10.5 Å². The zero-order valence-electron chi connectivity index (χ0n) is 12.4. The first-order valence-electron chi connectivity index (χ1n) is 6.69. The Morgan fingerprint density at radius 1 is 1.33 bits per heavy atom. The standard InChI is InChI=1S/C14H22N2O3S.ClH/c1-14(10-15)7-8-16(11-14)20(17,18)13-5-3-12(4-6-13)9-19-2;/h3-6H,7-11,15H2,1-2H3;1H. The Morgan fingerprint density at radius 3 is 2.43 bits per heavy atom. The molecule has 1 aromatic rings. The number of sulfonamides is 1. The molecule has 0 saturated carbocycles. The van der Waals surface area contributed by atoms with Gasteiger partial charge in [0, 0.05) is 20.2 Å². The van der Waals surface area contributed by atoms with Crippen molar-refractivity contribution in [2.24, 2.45) is 11.1 Å². The topological polar surface area (TPSA) is 72.6 Å². The summed E-state index contributed by atoms with van der Waals surface area (Å²) >= 11 is 0. The van der Waals surface area contributed by atoms with E-state index in [0.29, 0.717) is 31.1 Å². The van der Waals surface area contributed by atoms with E-state index in [9.17, 15) is 8.42 Å². The van der Waals surface area contributed by atoms with Gasteiger partial charge in [0.25, 0.3) is 0 Å². The molecule has 1 atom stereocenters. The van der Waals surface area contributed by atoms with Crippen molar-refractivity contribution in [1.29, 1.82) is 0 Å². The van der Waals surface area contributed by atoms with Crippen LogP contribution < -0.4 is 5.73 Å². The number of ether oxygens (including phenoxy) is 1. The summed E-state index contributed by atoms with van der Waals surface area (Å²) in [5.74, 6) is 0. The number of halogens is 1. The second-order valence-corrected chi connectivity index (χ2v) is 7.62. The van der Waals surface area contributed by atoms with Gasteiger partial charge in [0.05, 0.1) is 11.5 Å². The molecule has 1 fully saturated rings. The highest BCUT2D eigenvalue weighted by atomic mass is 35.5. The quantitative estimate of drug-likeness (QED) is 0.888. The smallest absolute Gasteiger partial charge is 0.243 e. The van der Waals surface area contributed by atoms with Crippen LogP contribution in [-0.2, 0) is 21.4 Å². The Kier molecular flexibility index (Phi) is 6.19. The number of hydrogen-bond acceptors (Lipinski definition) is 4. The molecule has 1 aromatic carbocycles. The number of hydrogen-bond donors (Lipinski definition) is 1. The van der Waals surface area contributed by atoms with E-state index >= 15 is 0 Å². The molecule has 1 aliphatic heterocycles. The predicted octanol–water partition coefficient (Wildman–Crippen LogP) is 1.61. The maximum atomic E-state index is 12.6. The van der Waals surface area contributed by atoms with Crippen molar-refractivity contribution in [3.8, 4) is 0 Å². The van der Waals surface area contributed by atoms with Gasteiger partial charge in [-0.2, -0.15) is 4.31 Å². The summed E-state index contributed by atoms with van der Waals surface area (Å²) in [7, 11) is -1.80. The molecule has 2 rings (SSSR count). The number of rotatable bonds is 5. The molecule has 7 heteroatoms. The van der Waals surface area contributed by atoms with Crippen LogP contribution in [0.5, 0.6) is 0 Å². The zero-order valence-corrected chi connectivity index (χ0v) is 14.0. The zero-order chi connectivity index (χ0) is 14.8. The van der Waals surface area contributed by atoms with Crippen LogP contribution in [0.25, 0.3) is 0 Å². The third-order valence-electron chi connectivity index (χ3n) is 3.89. The minimum absolute atomic E-state index is 0. The summed E-state index contributed by atoms with van der Waals surface area (Å²) in [6, 6.07) is 6.85. The molecule has 0 spiro atoms. The van der Waals surface area contributed by atoms with Crippen LogP contribution in [-0.4, -0.2) is 39.5 Å². The Morgan fingerprint density at radius 2 is 1.95 bits per heavy atom. The Bertz CT molecular complexity index is 562. The number of nitrogens with zero attached hydrogens (tertiary/aromatic N) is 1. The van der Waals surface area contributed by atoms with Crippen molar-refractivity contribution >= 4 is 22.4 Å². The van der Waals surface area contributed by atoms with Crippen molar-refractivity contribution in [1.82, 2.24) is 4.31 Å². The molecule has 0 radical (unpaired) electrons. The predicted molar refractivity (Wildman–Crippen MR) is 84.9 cm³/mol. The number of benzene rings is 1. The van der Waals surface area contributed by atoms with E-state index in [2.05, 4.69) is 0 Å². The number of nitrogens with two attached hydrogens (primary N) is 1. The van der Waals surface area contributed by atoms with Gasteiger partial charge in [-0.1, -0.05) is 19.1 Å². The van der Waals surface area contributed by atoms with Crippen molar-refractivity contribution in [2.75, 3.05) is 26.7 Å². The van der Waals surface area contributed by atoms with E-state index in [-0.39, 0.29) is 17.8 Å². The largest absolute Gasteiger partial charge is 0.380 e.